The van der Waals surface area contributed by atoms with Crippen LogP contribution in [0, 0.1) is 5.92 Å². The molecule has 1 aliphatic heterocycles. The van der Waals surface area contributed by atoms with Gasteiger partial charge < -0.3 is 9.47 Å². The topological polar surface area (TPSA) is 25.2 Å². The van der Waals surface area contributed by atoms with Crippen molar-refractivity contribution in [3.63, 3.8) is 0 Å². The lowest BCUT2D eigenvalue weighted by Crippen LogP contribution is -2.40. The summed E-state index contributed by atoms with van der Waals surface area (Å²) in [5, 5.41) is 0. The zero-order chi connectivity index (χ0) is 14.1. The molecule has 0 unspecified atom stereocenters. The lowest BCUT2D eigenvalue weighted by Gasteiger charge is -2.34. The van der Waals surface area contributed by atoms with Gasteiger partial charge in [0.15, 0.2) is 0 Å². The average Bonchev–Trinajstić information content (AvgIpc) is 2.91. The third-order valence-corrected chi connectivity index (χ3v) is 4.87. The van der Waals surface area contributed by atoms with E-state index in [2.05, 4.69) is 36.7 Å². The monoisotopic (exact) mass is 272 g/mol. The highest BCUT2D eigenvalue weighted by atomic mass is 16.2. The minimum absolute atomic E-state index is 0.186. The standard InChI is InChI=1S/C17H24N2O/c1-13-5-7-15(8-6-13)12-17(20)19-11-10-18-9-3-4-16(18)14(19)2/h3-4,9,12-14H,5-8,10-11H2,1-2H3/t13?,14-/m1/s1. The van der Waals surface area contributed by atoms with Crippen LogP contribution < -0.4 is 0 Å². The Balaban J connectivity index is 1.71. The van der Waals surface area contributed by atoms with E-state index in [9.17, 15) is 4.79 Å². The maximum absolute atomic E-state index is 12.5. The minimum Gasteiger partial charge on any atom is -0.348 e. The van der Waals surface area contributed by atoms with Crippen LogP contribution in [0.4, 0.5) is 0 Å². The van der Waals surface area contributed by atoms with Gasteiger partial charge in [-0.1, -0.05) is 12.5 Å². The van der Waals surface area contributed by atoms with Crippen LogP contribution in [-0.2, 0) is 11.3 Å². The van der Waals surface area contributed by atoms with Gasteiger partial charge in [0.25, 0.3) is 0 Å². The molecule has 1 amide bonds. The van der Waals surface area contributed by atoms with Gasteiger partial charge in [0.05, 0.1) is 6.04 Å². The minimum atomic E-state index is 0.186. The second kappa shape index (κ2) is 5.47. The van der Waals surface area contributed by atoms with Crippen LogP contribution in [-0.4, -0.2) is 21.9 Å². The van der Waals surface area contributed by atoms with E-state index in [1.807, 2.05) is 11.0 Å². The SMILES string of the molecule is CC1CCC(=CC(=O)N2CCn3cccc3[C@H]2C)CC1. The molecule has 3 nitrogen and oxygen atoms in total. The number of carbonyl (C=O) groups is 1. The molecule has 0 bridgehead atoms. The third kappa shape index (κ3) is 2.54. The molecular weight excluding hydrogens is 248 g/mol. The molecule has 1 aromatic heterocycles. The summed E-state index contributed by atoms with van der Waals surface area (Å²) in [6.45, 7) is 6.17. The van der Waals surface area contributed by atoms with Crippen molar-refractivity contribution in [1.29, 1.82) is 0 Å². The van der Waals surface area contributed by atoms with Crippen molar-refractivity contribution < 1.29 is 4.79 Å². The van der Waals surface area contributed by atoms with Gasteiger partial charge in [-0.25, -0.2) is 0 Å². The lowest BCUT2D eigenvalue weighted by atomic mass is 9.87. The highest BCUT2D eigenvalue weighted by Gasteiger charge is 2.26. The van der Waals surface area contributed by atoms with E-state index in [0.29, 0.717) is 0 Å². The number of carbonyl (C=O) groups excluding carboxylic acids is 1. The summed E-state index contributed by atoms with van der Waals surface area (Å²) < 4.78 is 2.25. The number of hydrogen-bond donors (Lipinski definition) is 0. The van der Waals surface area contributed by atoms with Gasteiger partial charge in [-0.15, -0.1) is 0 Å². The Morgan fingerprint density at radius 2 is 2.00 bits per heavy atom. The summed E-state index contributed by atoms with van der Waals surface area (Å²) in [5.41, 5.74) is 2.60. The predicted octanol–water partition coefficient (Wildman–Crippen LogP) is 3.53. The molecule has 1 aromatic rings. The molecule has 1 aliphatic carbocycles. The molecule has 0 N–H and O–H groups in total. The highest BCUT2D eigenvalue weighted by Crippen LogP contribution is 2.29. The summed E-state index contributed by atoms with van der Waals surface area (Å²) in [6.07, 6.45) is 8.70. The first-order chi connectivity index (χ1) is 9.65. The fraction of sp³-hybridized carbons (Fsp3) is 0.588. The quantitative estimate of drug-likeness (QED) is 0.718. The van der Waals surface area contributed by atoms with Crippen LogP contribution >= 0.6 is 0 Å². The van der Waals surface area contributed by atoms with E-state index >= 15 is 0 Å². The van der Waals surface area contributed by atoms with Crippen molar-refractivity contribution >= 4 is 5.91 Å². The number of nitrogens with zero attached hydrogens (tertiary/aromatic N) is 2. The second-order valence-electron chi connectivity index (χ2n) is 6.32. The Bertz CT molecular complexity index is 519. The second-order valence-corrected chi connectivity index (χ2v) is 6.32. The molecular formula is C17H24N2O. The van der Waals surface area contributed by atoms with E-state index in [0.717, 1.165) is 31.8 Å². The van der Waals surface area contributed by atoms with Crippen molar-refractivity contribution in [2.75, 3.05) is 6.54 Å². The maximum atomic E-state index is 12.5. The molecule has 2 heterocycles. The van der Waals surface area contributed by atoms with Crippen LogP contribution in [0.2, 0.25) is 0 Å². The first-order valence-electron chi connectivity index (χ1n) is 7.80. The number of aromatic nitrogens is 1. The van der Waals surface area contributed by atoms with Gasteiger partial charge in [0.2, 0.25) is 5.91 Å². The van der Waals surface area contributed by atoms with Gasteiger partial charge in [0, 0.05) is 31.1 Å². The molecule has 3 heteroatoms. The van der Waals surface area contributed by atoms with Gasteiger partial charge in [-0.3, -0.25) is 4.79 Å². The van der Waals surface area contributed by atoms with Gasteiger partial charge in [-0.2, -0.15) is 0 Å². The third-order valence-electron chi connectivity index (χ3n) is 4.87. The molecule has 20 heavy (non-hydrogen) atoms. The fourth-order valence-electron chi connectivity index (χ4n) is 3.41. The number of amides is 1. The summed E-state index contributed by atoms with van der Waals surface area (Å²) >= 11 is 0. The van der Waals surface area contributed by atoms with Crippen LogP contribution in [0.25, 0.3) is 0 Å². The Morgan fingerprint density at radius 1 is 1.25 bits per heavy atom. The normalized spacial score (nSPS) is 26.3. The summed E-state index contributed by atoms with van der Waals surface area (Å²) in [4.78, 5) is 14.5. The van der Waals surface area contributed by atoms with E-state index < -0.39 is 0 Å². The Morgan fingerprint density at radius 3 is 2.75 bits per heavy atom. The molecule has 0 saturated heterocycles. The van der Waals surface area contributed by atoms with E-state index in [1.165, 1.54) is 24.1 Å². The van der Waals surface area contributed by atoms with Crippen LogP contribution in [0.1, 0.15) is 51.3 Å². The Kier molecular flexibility index (Phi) is 3.68. The van der Waals surface area contributed by atoms with Crippen molar-refractivity contribution in [2.24, 2.45) is 5.92 Å². The summed E-state index contributed by atoms with van der Waals surface area (Å²) in [5.74, 6) is 1.02. The molecule has 0 radical (unpaired) electrons. The number of fused-ring (bicyclic) bond motifs is 1. The summed E-state index contributed by atoms with van der Waals surface area (Å²) in [6, 6.07) is 4.38. The largest absolute Gasteiger partial charge is 0.348 e. The fourth-order valence-corrected chi connectivity index (χ4v) is 3.41. The molecule has 0 spiro atoms. The van der Waals surface area contributed by atoms with E-state index in [-0.39, 0.29) is 11.9 Å². The Labute approximate surface area is 121 Å². The van der Waals surface area contributed by atoms with E-state index in [1.54, 1.807) is 0 Å². The lowest BCUT2D eigenvalue weighted by molar-refractivity contribution is -0.129. The first kappa shape index (κ1) is 13.5. The smallest absolute Gasteiger partial charge is 0.247 e. The van der Waals surface area contributed by atoms with Crippen molar-refractivity contribution in [2.45, 2.75) is 52.1 Å². The summed E-state index contributed by atoms with van der Waals surface area (Å²) in [7, 11) is 0. The zero-order valence-electron chi connectivity index (χ0n) is 12.5. The molecule has 108 valence electrons. The number of rotatable bonds is 1. The molecule has 1 saturated carbocycles. The van der Waals surface area contributed by atoms with Crippen LogP contribution in [0.3, 0.4) is 0 Å². The number of allylic oxidation sites excluding steroid dienone is 1. The van der Waals surface area contributed by atoms with Crippen LogP contribution in [0.5, 0.6) is 0 Å². The highest BCUT2D eigenvalue weighted by molar-refractivity contribution is 5.88. The van der Waals surface area contributed by atoms with Crippen molar-refractivity contribution in [1.82, 2.24) is 9.47 Å². The van der Waals surface area contributed by atoms with Gasteiger partial charge in [0.1, 0.15) is 0 Å². The molecule has 2 aliphatic rings. The first-order valence-corrected chi connectivity index (χ1v) is 7.80. The zero-order valence-corrected chi connectivity index (χ0v) is 12.5. The maximum Gasteiger partial charge on any atom is 0.247 e. The van der Waals surface area contributed by atoms with Gasteiger partial charge >= 0.3 is 0 Å². The van der Waals surface area contributed by atoms with Crippen LogP contribution in [0.15, 0.2) is 30.0 Å². The number of hydrogen-bond acceptors (Lipinski definition) is 1. The molecule has 1 fully saturated rings. The molecule has 1 atom stereocenters. The van der Waals surface area contributed by atoms with Crippen molar-refractivity contribution in [3.05, 3.63) is 35.7 Å². The Hall–Kier alpha value is -1.51. The molecule has 3 rings (SSSR count). The van der Waals surface area contributed by atoms with E-state index in [4.69, 9.17) is 0 Å². The van der Waals surface area contributed by atoms with Crippen molar-refractivity contribution in [3.8, 4) is 0 Å². The van der Waals surface area contributed by atoms with Gasteiger partial charge in [-0.05, 0) is 50.7 Å². The average molecular weight is 272 g/mol. The molecule has 0 aromatic carbocycles. The predicted molar refractivity (Wildman–Crippen MR) is 80.3 cm³/mol.